The number of nitrogens with zero attached hydrogens (tertiary/aromatic N) is 4. The Hall–Kier alpha value is -4.30. The molecule has 0 radical (unpaired) electrons. The van der Waals surface area contributed by atoms with Crippen LogP contribution in [-0.2, 0) is 32.7 Å². The molecule has 0 saturated carbocycles. The predicted octanol–water partition coefficient (Wildman–Crippen LogP) is 5.60. The number of aromatic nitrogens is 1. The third kappa shape index (κ3) is 7.77. The van der Waals surface area contributed by atoms with E-state index in [1.165, 1.54) is 0 Å². The van der Waals surface area contributed by atoms with E-state index in [4.69, 9.17) is 9.15 Å². The first kappa shape index (κ1) is 38.0. The first-order valence-corrected chi connectivity index (χ1v) is 18.6. The number of carbonyl (C=O) groups is 2. The highest BCUT2D eigenvalue weighted by atomic mass is 19.4. The number of nitrogens with one attached hydrogen (secondary N) is 1. The zero-order chi connectivity index (χ0) is 38.4. The highest BCUT2D eigenvalue weighted by Crippen LogP contribution is 2.49. The number of halogens is 3. The van der Waals surface area contributed by atoms with E-state index >= 15 is 0 Å². The van der Waals surface area contributed by atoms with E-state index in [1.807, 2.05) is 92.1 Å². The molecule has 2 aromatic heterocycles. The largest absolute Gasteiger partial charge is 0.459 e. The van der Waals surface area contributed by atoms with Crippen molar-refractivity contribution in [2.45, 2.75) is 88.7 Å². The van der Waals surface area contributed by atoms with Crippen LogP contribution in [-0.4, -0.2) is 99.5 Å². The molecule has 2 amide bonds. The first-order chi connectivity index (χ1) is 25.6. The molecule has 0 unspecified atom stereocenters. The smallest absolute Gasteiger partial charge is 0.405 e. The molecule has 2 saturated heterocycles. The summed E-state index contributed by atoms with van der Waals surface area (Å²) in [4.78, 5) is 38.1. The van der Waals surface area contributed by atoms with Crippen LogP contribution < -0.4 is 5.32 Å². The Balaban J connectivity index is 1.12. The van der Waals surface area contributed by atoms with E-state index < -0.39 is 48.0 Å². The van der Waals surface area contributed by atoms with Crippen LogP contribution in [0.15, 0.2) is 83.5 Å². The summed E-state index contributed by atoms with van der Waals surface area (Å²) >= 11 is 0. The SMILES string of the molecule is CC1(C)O[C@@H]2Cc3ccccc3[C@@H]2N1C(=O)[C@H](Cc1ccccc1)C[C@H](O)CN1CCN(C(C)(C)c2cc3cnccc3o2)C[C@H]1C(=O)NCC(F)(F)F. The summed E-state index contributed by atoms with van der Waals surface area (Å²) in [5, 5.41) is 14.7. The van der Waals surface area contributed by atoms with Crippen molar-refractivity contribution in [2.75, 3.05) is 32.7 Å². The highest BCUT2D eigenvalue weighted by Gasteiger charge is 2.54. The lowest BCUT2D eigenvalue weighted by molar-refractivity contribution is -0.153. The Morgan fingerprint density at radius 1 is 1.06 bits per heavy atom. The molecule has 1 aliphatic carbocycles. The Kier molecular flexibility index (Phi) is 10.4. The van der Waals surface area contributed by atoms with Crippen molar-refractivity contribution in [3.63, 3.8) is 0 Å². The van der Waals surface area contributed by atoms with Gasteiger partial charge in [-0.3, -0.25) is 24.4 Å². The molecule has 2 aromatic carbocycles. The lowest BCUT2D eigenvalue weighted by Crippen LogP contribution is -2.63. The summed E-state index contributed by atoms with van der Waals surface area (Å²) in [6.07, 6.45) is -1.36. The van der Waals surface area contributed by atoms with Gasteiger partial charge in [0.2, 0.25) is 11.8 Å². The Labute approximate surface area is 313 Å². The highest BCUT2D eigenvalue weighted by molar-refractivity contribution is 5.82. The molecule has 0 bridgehead atoms. The van der Waals surface area contributed by atoms with E-state index in [0.717, 1.165) is 22.1 Å². The van der Waals surface area contributed by atoms with Crippen LogP contribution in [0.25, 0.3) is 11.0 Å². The third-order valence-electron chi connectivity index (χ3n) is 11.3. The fourth-order valence-corrected chi connectivity index (χ4v) is 8.60. The topological polar surface area (TPSA) is 111 Å². The molecule has 2 N–H and O–H groups in total. The number of carbonyl (C=O) groups excluding carboxylic acids is 2. The van der Waals surface area contributed by atoms with Gasteiger partial charge in [-0.1, -0.05) is 54.6 Å². The standard InChI is InChI=1S/C41H48F3N5O5/c1-39(2,35-21-29-22-45-15-14-33(29)53-35)48-17-16-47(32(24-48)37(51)46-25-41(42,43)44)23-30(50)19-28(18-26-10-6-5-7-11-26)38(52)49-36-31-13-9-8-12-27(31)20-34(36)54-40(49,3)4/h5-15,21-22,28,30,32,34,36,50H,16-20,23-25H2,1-4H3,(H,46,51)/t28-,30+,32+,34-,36+/m1/s1. The number of pyridine rings is 1. The van der Waals surface area contributed by atoms with Crippen molar-refractivity contribution in [3.8, 4) is 0 Å². The summed E-state index contributed by atoms with van der Waals surface area (Å²) in [6.45, 7) is 7.04. The first-order valence-electron chi connectivity index (χ1n) is 18.6. The number of ether oxygens (including phenoxy) is 1. The van der Waals surface area contributed by atoms with Gasteiger partial charge < -0.3 is 24.5 Å². The zero-order valence-corrected chi connectivity index (χ0v) is 31.1. The van der Waals surface area contributed by atoms with Crippen LogP contribution in [0.5, 0.6) is 0 Å². The van der Waals surface area contributed by atoms with Gasteiger partial charge in [0.25, 0.3) is 0 Å². The fourth-order valence-electron chi connectivity index (χ4n) is 8.60. The quantitative estimate of drug-likeness (QED) is 0.204. The molecular formula is C41H48F3N5O5. The van der Waals surface area contributed by atoms with Crippen molar-refractivity contribution >= 4 is 22.8 Å². The van der Waals surface area contributed by atoms with E-state index in [0.29, 0.717) is 30.7 Å². The average molecular weight is 748 g/mol. The molecule has 4 heterocycles. The van der Waals surface area contributed by atoms with Gasteiger partial charge >= 0.3 is 6.18 Å². The average Bonchev–Trinajstić information content (AvgIpc) is 3.79. The lowest BCUT2D eigenvalue weighted by atomic mass is 9.90. The van der Waals surface area contributed by atoms with E-state index in [-0.39, 0.29) is 44.1 Å². The van der Waals surface area contributed by atoms with Crippen molar-refractivity contribution in [3.05, 3.63) is 102 Å². The van der Waals surface area contributed by atoms with Crippen molar-refractivity contribution in [1.82, 2.24) is 25.0 Å². The summed E-state index contributed by atoms with van der Waals surface area (Å²) in [5.41, 5.74) is 2.20. The summed E-state index contributed by atoms with van der Waals surface area (Å²) in [7, 11) is 0. The molecule has 2 fully saturated rings. The van der Waals surface area contributed by atoms with Crippen LogP contribution in [0.3, 0.4) is 0 Å². The summed E-state index contributed by atoms with van der Waals surface area (Å²) in [6, 6.07) is 20.1. The second-order valence-electron chi connectivity index (χ2n) is 15.8. The minimum absolute atomic E-state index is 0.0119. The number of hydrogen-bond acceptors (Lipinski definition) is 8. The van der Waals surface area contributed by atoms with Crippen LogP contribution in [0.2, 0.25) is 0 Å². The van der Waals surface area contributed by atoms with Crippen molar-refractivity contribution in [1.29, 1.82) is 0 Å². The van der Waals surface area contributed by atoms with Gasteiger partial charge in [-0.25, -0.2) is 0 Å². The number of amides is 2. The summed E-state index contributed by atoms with van der Waals surface area (Å²) in [5.74, 6) is -0.930. The number of alkyl halides is 3. The van der Waals surface area contributed by atoms with Gasteiger partial charge in [0.15, 0.2) is 0 Å². The lowest BCUT2D eigenvalue weighted by Gasteiger charge is -2.47. The van der Waals surface area contributed by atoms with E-state index in [1.54, 1.807) is 23.4 Å². The number of rotatable bonds is 11. The number of hydrogen-bond donors (Lipinski definition) is 2. The van der Waals surface area contributed by atoms with Crippen molar-refractivity contribution < 1.29 is 37.0 Å². The van der Waals surface area contributed by atoms with Gasteiger partial charge in [0.05, 0.1) is 23.8 Å². The predicted molar refractivity (Wildman–Crippen MR) is 196 cm³/mol. The Morgan fingerprint density at radius 3 is 2.54 bits per heavy atom. The van der Waals surface area contributed by atoms with Crippen molar-refractivity contribution in [2.24, 2.45) is 5.92 Å². The monoisotopic (exact) mass is 747 g/mol. The van der Waals surface area contributed by atoms with Gasteiger partial charge in [0.1, 0.15) is 29.7 Å². The maximum Gasteiger partial charge on any atom is 0.405 e. The number of fused-ring (bicyclic) bond motifs is 4. The zero-order valence-electron chi connectivity index (χ0n) is 31.1. The molecule has 10 nitrogen and oxygen atoms in total. The van der Waals surface area contributed by atoms with Crippen LogP contribution in [0.4, 0.5) is 13.2 Å². The Bertz CT molecular complexity index is 1930. The number of benzene rings is 2. The molecule has 13 heteroatoms. The maximum absolute atomic E-state index is 14.8. The summed E-state index contributed by atoms with van der Waals surface area (Å²) < 4.78 is 52.5. The second-order valence-corrected chi connectivity index (χ2v) is 15.8. The van der Waals surface area contributed by atoms with Gasteiger partial charge in [0, 0.05) is 56.3 Å². The Morgan fingerprint density at radius 2 is 1.80 bits per heavy atom. The van der Waals surface area contributed by atoms with Crippen LogP contribution >= 0.6 is 0 Å². The van der Waals surface area contributed by atoms with E-state index in [2.05, 4.69) is 16.4 Å². The number of aliphatic hydroxyl groups excluding tert-OH is 1. The molecule has 0 spiro atoms. The molecule has 2 aliphatic heterocycles. The molecule has 54 heavy (non-hydrogen) atoms. The molecule has 4 aromatic rings. The minimum Gasteiger partial charge on any atom is -0.459 e. The minimum atomic E-state index is -4.59. The molecule has 288 valence electrons. The number of piperazine rings is 1. The molecule has 5 atom stereocenters. The number of aliphatic hydroxyl groups is 1. The maximum atomic E-state index is 14.8. The van der Waals surface area contributed by atoms with Gasteiger partial charge in [-0.2, -0.15) is 13.2 Å². The molecular weight excluding hydrogens is 699 g/mol. The van der Waals surface area contributed by atoms with Crippen LogP contribution in [0.1, 0.15) is 62.6 Å². The molecule has 7 rings (SSSR count). The fraction of sp³-hybridized carbons (Fsp3) is 0.488. The number of furan rings is 1. The van der Waals surface area contributed by atoms with Gasteiger partial charge in [-0.05, 0) is 69.4 Å². The van der Waals surface area contributed by atoms with E-state index in [9.17, 15) is 27.9 Å². The van der Waals surface area contributed by atoms with Gasteiger partial charge in [-0.15, -0.1) is 0 Å². The third-order valence-corrected chi connectivity index (χ3v) is 11.3. The molecule has 3 aliphatic rings. The number of β-amino-alcohol motifs (C(OH)–C–C–N with tert-alkyl or cyclic N) is 1. The normalized spacial score (nSPS) is 22.9. The second kappa shape index (κ2) is 14.7. The van der Waals surface area contributed by atoms with Crippen LogP contribution in [0, 0.1) is 5.92 Å².